The molecule has 2 aromatic rings. The summed E-state index contributed by atoms with van der Waals surface area (Å²) in [5, 5.41) is 9.67. The zero-order valence-electron chi connectivity index (χ0n) is 37.0. The zero-order chi connectivity index (χ0) is 41.8. The molecule has 0 radical (unpaired) electrons. The number of aliphatic carboxylic acids is 1. The Bertz CT molecular complexity index is 1970. The van der Waals surface area contributed by atoms with Crippen molar-refractivity contribution >= 4 is 17.8 Å². The van der Waals surface area contributed by atoms with Gasteiger partial charge in [-0.2, -0.15) is 0 Å². The number of esters is 1. The SMILES string of the molecule is C=C(C)[C@@H]1CC[C@]2(C(=O)N3CCC[C@H]3c3nc(-c4ccccc4)cn3C)CC[C@]3(C)[C@H](CCC4[C@@]5(C)CC[C@H](OC(=O)CC(C)(C)C(=O)O)C(C)(C)C5CC[C@]43C)C12. The second-order valence-electron chi connectivity index (χ2n) is 22.2. The highest BCUT2D eigenvalue weighted by Crippen LogP contribution is 2.78. The number of aryl methyl sites for hydroxylation is 1. The van der Waals surface area contributed by atoms with E-state index in [9.17, 15) is 14.7 Å². The molecule has 0 spiro atoms. The molecule has 5 aliphatic carbocycles. The predicted octanol–water partition coefficient (Wildman–Crippen LogP) is 10.8. The predicted molar refractivity (Wildman–Crippen MR) is 227 cm³/mol. The number of amides is 1. The molecular weight excluding hydrogens is 723 g/mol. The van der Waals surface area contributed by atoms with E-state index in [1.165, 1.54) is 12.0 Å². The Morgan fingerprint density at radius 2 is 1.62 bits per heavy atom. The minimum Gasteiger partial charge on any atom is -0.481 e. The van der Waals surface area contributed by atoms with Crippen molar-refractivity contribution in [3.63, 3.8) is 0 Å². The molecular formula is C50H71N3O5. The first-order valence-electron chi connectivity index (χ1n) is 22.7. The topological polar surface area (TPSA) is 102 Å². The van der Waals surface area contributed by atoms with E-state index < -0.39 is 17.4 Å². The van der Waals surface area contributed by atoms with E-state index in [-0.39, 0.29) is 45.6 Å². The number of allylic oxidation sites excluding steroid dienone is 1. The molecule has 11 atom stereocenters. The highest BCUT2D eigenvalue weighted by atomic mass is 16.5. The summed E-state index contributed by atoms with van der Waals surface area (Å²) >= 11 is 0. The average molecular weight is 794 g/mol. The van der Waals surface area contributed by atoms with Gasteiger partial charge in [-0.05, 0) is 144 Å². The van der Waals surface area contributed by atoms with Gasteiger partial charge in [-0.3, -0.25) is 14.4 Å². The zero-order valence-corrected chi connectivity index (χ0v) is 37.0. The van der Waals surface area contributed by atoms with Crippen molar-refractivity contribution < 1.29 is 24.2 Å². The quantitative estimate of drug-likeness (QED) is 0.211. The number of rotatable bonds is 8. The number of carbonyl (C=O) groups is 3. The number of likely N-dealkylation sites (tertiary alicyclic amines) is 1. The first-order valence-corrected chi connectivity index (χ1v) is 22.7. The van der Waals surface area contributed by atoms with Gasteiger partial charge in [-0.25, -0.2) is 4.98 Å². The summed E-state index contributed by atoms with van der Waals surface area (Å²) in [6.07, 6.45) is 14.2. The molecule has 5 saturated carbocycles. The van der Waals surface area contributed by atoms with Crippen molar-refractivity contribution in [2.24, 2.45) is 69.1 Å². The van der Waals surface area contributed by atoms with Gasteiger partial charge in [-0.1, -0.05) is 77.1 Å². The minimum absolute atomic E-state index is 0.00734. The molecule has 1 amide bonds. The molecule has 1 N–H and O–H groups in total. The fourth-order valence-electron chi connectivity index (χ4n) is 15.4. The second-order valence-corrected chi connectivity index (χ2v) is 22.2. The number of nitrogens with zero attached hydrogens (tertiary/aromatic N) is 3. The number of benzene rings is 1. The van der Waals surface area contributed by atoms with Crippen LogP contribution < -0.4 is 0 Å². The highest BCUT2D eigenvalue weighted by molar-refractivity contribution is 5.85. The summed E-state index contributed by atoms with van der Waals surface area (Å²) in [4.78, 5) is 48.1. The van der Waals surface area contributed by atoms with Crippen LogP contribution in [0.4, 0.5) is 0 Å². The molecule has 8 nitrogen and oxygen atoms in total. The van der Waals surface area contributed by atoms with E-state index in [0.29, 0.717) is 35.5 Å². The maximum atomic E-state index is 15.6. The molecule has 3 unspecified atom stereocenters. The molecule has 2 heterocycles. The van der Waals surface area contributed by atoms with Gasteiger partial charge in [0.1, 0.15) is 11.9 Å². The molecule has 0 bridgehead atoms. The van der Waals surface area contributed by atoms with Gasteiger partial charge >= 0.3 is 11.9 Å². The van der Waals surface area contributed by atoms with Crippen LogP contribution in [0.2, 0.25) is 0 Å². The fourth-order valence-corrected chi connectivity index (χ4v) is 15.4. The summed E-state index contributed by atoms with van der Waals surface area (Å²) in [5.74, 6) is 2.06. The van der Waals surface area contributed by atoms with E-state index in [2.05, 4.69) is 95.1 Å². The van der Waals surface area contributed by atoms with Gasteiger partial charge < -0.3 is 19.3 Å². The lowest BCUT2D eigenvalue weighted by molar-refractivity contribution is -0.250. The number of carbonyl (C=O) groups excluding carboxylic acids is 2. The van der Waals surface area contributed by atoms with Gasteiger partial charge in [0.15, 0.2) is 0 Å². The van der Waals surface area contributed by atoms with Crippen LogP contribution in [-0.4, -0.2) is 50.1 Å². The smallest absolute Gasteiger partial charge is 0.309 e. The number of fused-ring (bicyclic) bond motifs is 7. The van der Waals surface area contributed by atoms with E-state index in [1.54, 1.807) is 13.8 Å². The fraction of sp³-hybridized carbons (Fsp3) is 0.720. The molecule has 6 aliphatic rings. The van der Waals surface area contributed by atoms with Gasteiger partial charge in [0.2, 0.25) is 5.91 Å². The first-order chi connectivity index (χ1) is 27.2. The highest BCUT2D eigenvalue weighted by Gasteiger charge is 2.72. The van der Waals surface area contributed by atoms with Gasteiger partial charge in [0, 0.05) is 30.8 Å². The Balaban J connectivity index is 1.07. The van der Waals surface area contributed by atoms with Crippen LogP contribution in [0, 0.1) is 62.1 Å². The van der Waals surface area contributed by atoms with Gasteiger partial charge in [0.25, 0.3) is 0 Å². The van der Waals surface area contributed by atoms with Crippen molar-refractivity contribution in [1.82, 2.24) is 14.5 Å². The maximum absolute atomic E-state index is 15.6. The number of hydrogen-bond donors (Lipinski definition) is 1. The summed E-state index contributed by atoms with van der Waals surface area (Å²) in [6.45, 7) is 23.3. The molecule has 1 aromatic carbocycles. The minimum atomic E-state index is -1.16. The second kappa shape index (κ2) is 14.1. The van der Waals surface area contributed by atoms with Crippen molar-refractivity contribution in [1.29, 1.82) is 0 Å². The number of carboxylic acid groups (broad SMARTS) is 1. The van der Waals surface area contributed by atoms with Crippen LogP contribution in [0.1, 0.15) is 151 Å². The standard InChI is InChI=1S/C50H71N3O5/c1-31(2)33-20-25-50(43(55)53-28-14-17-36(53)42-51-35(30-52(42)10)32-15-12-11-13-16-32)27-26-48(8)34(41(33)50)18-19-38-47(7)23-22-39(58-40(54)29-45(3,4)44(56)57)46(5,6)37(47)21-24-49(38,48)9/h11-13,15-16,30,33-34,36-39,41H,1,14,17-29H2,2-10H3,(H,56,57)/t33-,34+,36-,37?,38?,39-,41?,47-,48+,49+,50-/m0/s1. The first kappa shape index (κ1) is 41.3. The average Bonchev–Trinajstić information content (AvgIpc) is 3.90. The third-order valence-electron chi connectivity index (χ3n) is 18.7. The Kier molecular flexibility index (Phi) is 10.0. The van der Waals surface area contributed by atoms with Crippen LogP contribution in [0.5, 0.6) is 0 Å². The van der Waals surface area contributed by atoms with E-state index in [4.69, 9.17) is 9.72 Å². The normalized spacial score (nSPS) is 39.2. The lowest BCUT2D eigenvalue weighted by atomic mass is 9.32. The van der Waals surface area contributed by atoms with Crippen molar-refractivity contribution in [2.45, 2.75) is 151 Å². The summed E-state index contributed by atoms with van der Waals surface area (Å²) in [7, 11) is 2.09. The molecule has 8 heteroatoms. The number of imidazole rings is 1. The molecule has 8 rings (SSSR count). The lowest BCUT2D eigenvalue weighted by Gasteiger charge is -2.73. The third kappa shape index (κ3) is 6.01. The maximum Gasteiger partial charge on any atom is 0.309 e. The van der Waals surface area contributed by atoms with Crippen molar-refractivity contribution in [2.75, 3.05) is 6.54 Å². The van der Waals surface area contributed by atoms with E-state index in [0.717, 1.165) is 94.3 Å². The van der Waals surface area contributed by atoms with E-state index in [1.807, 2.05) is 6.07 Å². The molecule has 1 aromatic heterocycles. The van der Waals surface area contributed by atoms with Gasteiger partial charge in [0.05, 0.1) is 29.0 Å². The third-order valence-corrected chi connectivity index (χ3v) is 18.7. The number of hydrogen-bond acceptors (Lipinski definition) is 5. The Hall–Kier alpha value is -3.42. The van der Waals surface area contributed by atoms with Gasteiger partial charge in [-0.15, -0.1) is 0 Å². The van der Waals surface area contributed by atoms with Crippen LogP contribution in [0.3, 0.4) is 0 Å². The van der Waals surface area contributed by atoms with E-state index >= 15 is 4.79 Å². The van der Waals surface area contributed by atoms with Crippen LogP contribution >= 0.6 is 0 Å². The Morgan fingerprint density at radius 1 is 0.897 bits per heavy atom. The number of ether oxygens (including phenoxy) is 1. The van der Waals surface area contributed by atoms with Crippen molar-refractivity contribution in [3.8, 4) is 11.3 Å². The molecule has 1 saturated heterocycles. The monoisotopic (exact) mass is 794 g/mol. The Morgan fingerprint density at radius 3 is 2.31 bits per heavy atom. The Labute approximate surface area is 348 Å². The number of aromatic nitrogens is 2. The number of carboxylic acids is 1. The molecule has 316 valence electrons. The summed E-state index contributed by atoms with van der Waals surface area (Å²) < 4.78 is 8.38. The lowest BCUT2D eigenvalue weighted by Crippen LogP contribution is -2.67. The van der Waals surface area contributed by atoms with Crippen LogP contribution in [0.25, 0.3) is 11.3 Å². The van der Waals surface area contributed by atoms with Crippen LogP contribution in [-0.2, 0) is 26.2 Å². The molecule has 1 aliphatic heterocycles. The molecule has 6 fully saturated rings. The summed E-state index contributed by atoms with van der Waals surface area (Å²) in [5.41, 5.74) is 1.91. The van der Waals surface area contributed by atoms with Crippen LogP contribution in [0.15, 0.2) is 48.7 Å². The molecule has 58 heavy (non-hydrogen) atoms. The van der Waals surface area contributed by atoms with Crippen molar-refractivity contribution in [3.05, 3.63) is 54.5 Å². The largest absolute Gasteiger partial charge is 0.481 e. The summed E-state index contributed by atoms with van der Waals surface area (Å²) in [6, 6.07) is 10.4.